The summed E-state index contributed by atoms with van der Waals surface area (Å²) in [5.41, 5.74) is 2.17. The van der Waals surface area contributed by atoms with Gasteiger partial charge in [0, 0.05) is 33.8 Å². The third kappa shape index (κ3) is 3.94. The van der Waals surface area contributed by atoms with Gasteiger partial charge in [-0.15, -0.1) is 0 Å². The van der Waals surface area contributed by atoms with Gasteiger partial charge in [0.15, 0.2) is 5.60 Å². The van der Waals surface area contributed by atoms with Crippen molar-refractivity contribution >= 4 is 46.4 Å². The number of likely N-dealkylation sites (N-methyl/N-ethyl adjacent to an activating group) is 1. The minimum absolute atomic E-state index is 0.114. The third-order valence-corrected chi connectivity index (χ3v) is 6.09. The van der Waals surface area contributed by atoms with Crippen LogP contribution in [0.1, 0.15) is 37.8 Å². The van der Waals surface area contributed by atoms with Gasteiger partial charge in [-0.25, -0.2) is 0 Å². The highest BCUT2D eigenvalue weighted by atomic mass is 35.5. The Balaban J connectivity index is 2.12. The molecule has 30 heavy (non-hydrogen) atoms. The summed E-state index contributed by atoms with van der Waals surface area (Å²) in [6.45, 7) is 8.08. The van der Waals surface area contributed by atoms with E-state index >= 15 is 0 Å². The third-order valence-electron chi connectivity index (χ3n) is 5.62. The maximum atomic E-state index is 12.9. The normalized spacial score (nSPS) is 14.8. The number of hydrogen-bond acceptors (Lipinski definition) is 3. The number of rotatable bonds is 7. The number of methoxy groups -OCH3 is 1. The minimum Gasteiger partial charge on any atom is -0.497 e. The smallest absolute Gasteiger partial charge is 0.258 e. The van der Waals surface area contributed by atoms with Crippen LogP contribution in [0.4, 0.5) is 5.69 Å². The van der Waals surface area contributed by atoms with E-state index < -0.39 is 5.60 Å². The molecule has 1 amide bonds. The number of benzene rings is 2. The zero-order valence-electron chi connectivity index (χ0n) is 17.6. The molecule has 0 radical (unpaired) electrons. The molecule has 2 aromatic carbocycles. The van der Waals surface area contributed by atoms with Crippen LogP contribution >= 0.6 is 23.2 Å². The van der Waals surface area contributed by atoms with Gasteiger partial charge in [0.1, 0.15) is 11.5 Å². The van der Waals surface area contributed by atoms with Crippen LogP contribution in [0.3, 0.4) is 0 Å². The van der Waals surface area contributed by atoms with Crippen LogP contribution in [0.25, 0.3) is 11.6 Å². The Morgan fingerprint density at radius 3 is 2.40 bits per heavy atom. The second-order valence-electron chi connectivity index (χ2n) is 7.20. The number of carbonyl (C=O) groups excluding carboxylic acids is 1. The summed E-state index contributed by atoms with van der Waals surface area (Å²) >= 11 is 12.4. The van der Waals surface area contributed by atoms with E-state index in [0.717, 1.165) is 11.3 Å². The van der Waals surface area contributed by atoms with E-state index in [0.29, 0.717) is 45.5 Å². The van der Waals surface area contributed by atoms with Crippen molar-refractivity contribution in [2.24, 2.45) is 0 Å². The SMILES string of the molecule is C=C(OC)C(CC)(CC)Oc1ccc(Cl)cc1/C=C1/C(=O)N(C)c2cc(Cl)ccc21. The molecule has 1 aliphatic rings. The number of amides is 1. The zero-order chi connectivity index (χ0) is 22.1. The van der Waals surface area contributed by atoms with Gasteiger partial charge in [-0.05, 0) is 49.2 Å². The lowest BCUT2D eigenvalue weighted by Gasteiger charge is -2.34. The summed E-state index contributed by atoms with van der Waals surface area (Å²) in [6, 6.07) is 10.8. The van der Waals surface area contributed by atoms with Gasteiger partial charge in [-0.1, -0.05) is 49.7 Å². The Morgan fingerprint density at radius 1 is 1.13 bits per heavy atom. The summed E-state index contributed by atoms with van der Waals surface area (Å²) in [6.07, 6.45) is 3.17. The molecule has 0 saturated heterocycles. The van der Waals surface area contributed by atoms with Crippen molar-refractivity contribution in [1.82, 2.24) is 0 Å². The molecule has 0 fully saturated rings. The summed E-state index contributed by atoms with van der Waals surface area (Å²) < 4.78 is 11.9. The summed E-state index contributed by atoms with van der Waals surface area (Å²) in [5, 5.41) is 1.13. The Morgan fingerprint density at radius 2 is 1.77 bits per heavy atom. The van der Waals surface area contributed by atoms with Gasteiger partial charge in [-0.2, -0.15) is 0 Å². The van der Waals surface area contributed by atoms with Crippen LogP contribution in [0.5, 0.6) is 5.75 Å². The highest BCUT2D eigenvalue weighted by molar-refractivity contribution is 6.37. The first-order chi connectivity index (χ1) is 14.3. The van der Waals surface area contributed by atoms with Crippen LogP contribution in [-0.2, 0) is 9.53 Å². The first-order valence-electron chi connectivity index (χ1n) is 9.78. The van der Waals surface area contributed by atoms with E-state index in [1.54, 1.807) is 43.3 Å². The average Bonchev–Trinajstić information content (AvgIpc) is 2.97. The molecule has 0 spiro atoms. The Kier molecular flexibility index (Phi) is 6.49. The molecular weight excluding hydrogens is 421 g/mol. The van der Waals surface area contributed by atoms with Gasteiger partial charge >= 0.3 is 0 Å². The molecule has 3 rings (SSSR count). The van der Waals surface area contributed by atoms with Gasteiger partial charge in [0.05, 0.1) is 12.8 Å². The number of fused-ring (bicyclic) bond motifs is 1. The molecule has 6 heteroatoms. The Hall–Kier alpha value is -2.43. The molecule has 1 heterocycles. The van der Waals surface area contributed by atoms with Gasteiger partial charge in [-0.3, -0.25) is 4.79 Å². The van der Waals surface area contributed by atoms with Crippen LogP contribution in [0.15, 0.2) is 48.7 Å². The monoisotopic (exact) mass is 445 g/mol. The van der Waals surface area contributed by atoms with E-state index in [9.17, 15) is 4.79 Å². The Bertz CT molecular complexity index is 1030. The predicted molar refractivity (Wildman–Crippen MR) is 124 cm³/mol. The van der Waals surface area contributed by atoms with Crippen molar-refractivity contribution in [2.75, 3.05) is 19.1 Å². The van der Waals surface area contributed by atoms with E-state index in [1.165, 1.54) is 0 Å². The van der Waals surface area contributed by atoms with Gasteiger partial charge < -0.3 is 14.4 Å². The number of hydrogen-bond donors (Lipinski definition) is 0. The number of halogens is 2. The summed E-state index contributed by atoms with van der Waals surface area (Å²) in [7, 11) is 3.32. The van der Waals surface area contributed by atoms with Crippen molar-refractivity contribution in [3.05, 3.63) is 69.9 Å². The second-order valence-corrected chi connectivity index (χ2v) is 8.07. The molecule has 0 atom stereocenters. The number of anilines is 1. The highest BCUT2D eigenvalue weighted by Crippen LogP contribution is 2.41. The fourth-order valence-corrected chi connectivity index (χ4v) is 4.02. The topological polar surface area (TPSA) is 38.8 Å². The fourth-order valence-electron chi connectivity index (χ4n) is 3.68. The molecular formula is C24H25Cl2NO3. The van der Waals surface area contributed by atoms with Crippen LogP contribution in [0, 0.1) is 0 Å². The van der Waals surface area contributed by atoms with Crippen molar-refractivity contribution in [1.29, 1.82) is 0 Å². The fraction of sp³-hybridized carbons (Fsp3) is 0.292. The molecule has 0 aromatic heterocycles. The lowest BCUT2D eigenvalue weighted by Crippen LogP contribution is -2.37. The van der Waals surface area contributed by atoms with Crippen LogP contribution in [-0.4, -0.2) is 25.7 Å². The first-order valence-corrected chi connectivity index (χ1v) is 10.5. The molecule has 1 aliphatic heterocycles. The van der Waals surface area contributed by atoms with Crippen LogP contribution in [0.2, 0.25) is 10.0 Å². The molecule has 0 saturated carbocycles. The maximum absolute atomic E-state index is 12.9. The molecule has 0 unspecified atom stereocenters. The standard InChI is InChI=1S/C24H25Cl2NO3/c1-6-24(7-2,15(3)29-5)30-22-11-9-17(25)12-16(22)13-20-19-10-8-18(26)14-21(19)27(4)23(20)28/h8-14H,3,6-7H2,1-2,4-5H3/b20-13+. The second kappa shape index (κ2) is 8.75. The number of ether oxygens (including phenoxy) is 2. The lowest BCUT2D eigenvalue weighted by atomic mass is 9.94. The lowest BCUT2D eigenvalue weighted by molar-refractivity contribution is -0.112. The van der Waals surface area contributed by atoms with Gasteiger partial charge in [0.2, 0.25) is 0 Å². The van der Waals surface area contributed by atoms with E-state index in [4.69, 9.17) is 32.7 Å². The highest BCUT2D eigenvalue weighted by Gasteiger charge is 2.35. The largest absolute Gasteiger partial charge is 0.497 e. The summed E-state index contributed by atoms with van der Waals surface area (Å²) in [5.74, 6) is 1.04. The predicted octanol–water partition coefficient (Wildman–Crippen LogP) is 6.61. The quantitative estimate of drug-likeness (QED) is 0.355. The van der Waals surface area contributed by atoms with Crippen molar-refractivity contribution in [3.63, 3.8) is 0 Å². The Labute approximate surface area is 187 Å². The molecule has 0 aliphatic carbocycles. The molecule has 4 nitrogen and oxygen atoms in total. The van der Waals surface area contributed by atoms with Crippen LogP contribution < -0.4 is 9.64 Å². The van der Waals surface area contributed by atoms with E-state index in [-0.39, 0.29) is 5.91 Å². The van der Waals surface area contributed by atoms with Crippen molar-refractivity contribution in [3.8, 4) is 5.75 Å². The molecule has 2 aromatic rings. The van der Waals surface area contributed by atoms with Crippen molar-refractivity contribution in [2.45, 2.75) is 32.3 Å². The zero-order valence-corrected chi connectivity index (χ0v) is 19.1. The number of carbonyl (C=O) groups is 1. The van der Waals surface area contributed by atoms with Gasteiger partial charge in [0.25, 0.3) is 5.91 Å². The molecule has 158 valence electrons. The molecule has 0 N–H and O–H groups in total. The summed E-state index contributed by atoms with van der Waals surface area (Å²) in [4.78, 5) is 14.5. The number of nitrogens with zero attached hydrogens (tertiary/aromatic N) is 1. The average molecular weight is 446 g/mol. The van der Waals surface area contributed by atoms with E-state index in [1.807, 2.05) is 32.1 Å². The minimum atomic E-state index is -0.683. The maximum Gasteiger partial charge on any atom is 0.258 e. The van der Waals surface area contributed by atoms with Crippen molar-refractivity contribution < 1.29 is 14.3 Å². The molecule has 0 bridgehead atoms. The first kappa shape index (κ1) is 22.3. The van der Waals surface area contributed by atoms with E-state index in [2.05, 4.69) is 6.58 Å².